The lowest BCUT2D eigenvalue weighted by Gasteiger charge is -2.19. The van der Waals surface area contributed by atoms with Crippen LogP contribution in [-0.4, -0.2) is 41.9 Å². The highest BCUT2D eigenvalue weighted by Gasteiger charge is 2.18. The molecule has 2 aromatic carbocycles. The topological polar surface area (TPSA) is 174 Å². The highest BCUT2D eigenvalue weighted by Crippen LogP contribution is 2.33. The number of ether oxygens (including phenoxy) is 2. The van der Waals surface area contributed by atoms with Gasteiger partial charge in [-0.1, -0.05) is 12.1 Å². The molecule has 0 bridgehead atoms. The van der Waals surface area contributed by atoms with Crippen molar-refractivity contribution in [1.82, 2.24) is 9.97 Å². The Morgan fingerprint density at radius 2 is 1.86 bits per heavy atom. The summed E-state index contributed by atoms with van der Waals surface area (Å²) in [6.45, 7) is 0.121. The Bertz CT molecular complexity index is 1550. The molecule has 11 nitrogen and oxygen atoms in total. The highest BCUT2D eigenvalue weighted by molar-refractivity contribution is 7.73. The number of rotatable bonds is 8. The summed E-state index contributed by atoms with van der Waals surface area (Å²) in [7, 11) is -0.862. The van der Waals surface area contributed by atoms with Crippen LogP contribution >= 0.6 is 0 Å². The molecule has 0 spiro atoms. The first kappa shape index (κ1) is 25.4. The summed E-state index contributed by atoms with van der Waals surface area (Å²) in [5.74, 6) is 1.39. The second-order valence-corrected chi connectivity index (χ2v) is 9.08. The van der Waals surface area contributed by atoms with Gasteiger partial charge in [0.25, 0.3) is 5.69 Å². The molecule has 0 fully saturated rings. The zero-order chi connectivity index (χ0) is 26.5. The molecule has 3 aromatic rings. The summed E-state index contributed by atoms with van der Waals surface area (Å²) in [5, 5.41) is 11.0. The number of hydrogen-bond acceptors (Lipinski definition) is 10. The van der Waals surface area contributed by atoms with Crippen molar-refractivity contribution in [3.8, 4) is 11.5 Å². The van der Waals surface area contributed by atoms with Crippen molar-refractivity contribution in [2.75, 3.05) is 25.2 Å². The van der Waals surface area contributed by atoms with Crippen LogP contribution in [0.4, 0.5) is 17.5 Å². The molecule has 0 atom stereocenters. The van der Waals surface area contributed by atoms with Crippen molar-refractivity contribution in [1.29, 1.82) is 0 Å². The summed E-state index contributed by atoms with van der Waals surface area (Å²) in [6.07, 6.45) is 5.59. The number of nitrogen functional groups attached to an aromatic ring is 2. The first-order valence-corrected chi connectivity index (χ1v) is 12.1. The molecule has 1 heterocycles. The maximum absolute atomic E-state index is 11.6. The molecule has 0 radical (unpaired) electrons. The molecule has 1 aromatic heterocycles. The number of benzene rings is 2. The van der Waals surface area contributed by atoms with Crippen molar-refractivity contribution in [3.63, 3.8) is 0 Å². The van der Waals surface area contributed by atoms with Gasteiger partial charge in [-0.05, 0) is 52.6 Å². The summed E-state index contributed by atoms with van der Waals surface area (Å²) in [5.41, 5.74) is 15.0. The highest BCUT2D eigenvalue weighted by atomic mass is 32.2. The number of nitrogens with zero attached hydrogens (tertiary/aromatic N) is 3. The van der Waals surface area contributed by atoms with Crippen LogP contribution in [0.15, 0.2) is 66.4 Å². The Balaban J connectivity index is 1.56. The monoisotopic (exact) mass is 521 g/mol. The fraction of sp³-hybridized carbons (Fsp3) is 0.160. The predicted molar refractivity (Wildman–Crippen MR) is 140 cm³/mol. The molecule has 4 N–H and O–H groups in total. The van der Waals surface area contributed by atoms with Crippen LogP contribution in [0.5, 0.6) is 11.5 Å². The van der Waals surface area contributed by atoms with Gasteiger partial charge in [-0.2, -0.15) is 13.4 Å². The first-order chi connectivity index (χ1) is 17.7. The first-order valence-electron chi connectivity index (χ1n) is 11.0. The third kappa shape index (κ3) is 5.93. The van der Waals surface area contributed by atoms with Crippen molar-refractivity contribution in [2.24, 2.45) is 0 Å². The van der Waals surface area contributed by atoms with E-state index in [-0.39, 0.29) is 29.5 Å². The number of hydrogen-bond donors (Lipinski definition) is 2. The van der Waals surface area contributed by atoms with Gasteiger partial charge in [0.2, 0.25) is 16.2 Å². The number of allylic oxidation sites excluding steroid dienone is 2. The standard InChI is InChI=1S/C25H23N5O6S/c1-35-23-11-15(10-18-13-28-25(27)29-24(18)26)2-9-22(23)36-14-17-5-8-20(37(33)34)12-21(17)16-3-6-19(7-4-16)30(31)32/h2-7,9,11-13H,8,10,14H2,1H3,(H4,26,27,28,29). The average Bonchev–Trinajstić information content (AvgIpc) is 2.89. The van der Waals surface area contributed by atoms with Crippen molar-refractivity contribution in [2.45, 2.75) is 12.8 Å². The van der Waals surface area contributed by atoms with E-state index in [9.17, 15) is 18.5 Å². The van der Waals surface area contributed by atoms with Crippen LogP contribution in [0.1, 0.15) is 23.1 Å². The smallest absolute Gasteiger partial charge is 0.269 e. The van der Waals surface area contributed by atoms with Crippen LogP contribution in [0.3, 0.4) is 0 Å². The van der Waals surface area contributed by atoms with E-state index in [1.54, 1.807) is 36.5 Å². The molecule has 190 valence electrons. The van der Waals surface area contributed by atoms with Gasteiger partial charge < -0.3 is 20.9 Å². The van der Waals surface area contributed by atoms with E-state index in [1.807, 2.05) is 12.1 Å². The van der Waals surface area contributed by atoms with Crippen molar-refractivity contribution < 1.29 is 22.8 Å². The van der Waals surface area contributed by atoms with E-state index >= 15 is 0 Å². The molecule has 1 aliphatic carbocycles. The lowest BCUT2D eigenvalue weighted by atomic mass is 9.92. The van der Waals surface area contributed by atoms with E-state index < -0.39 is 15.2 Å². The molecule has 0 unspecified atom stereocenters. The Hall–Kier alpha value is -4.71. The maximum atomic E-state index is 11.6. The van der Waals surface area contributed by atoms with Crippen molar-refractivity contribution in [3.05, 3.63) is 93.2 Å². The normalized spacial score (nSPS) is 12.9. The second kappa shape index (κ2) is 10.9. The molecule has 1 aliphatic rings. The van der Waals surface area contributed by atoms with E-state index in [1.165, 1.54) is 19.2 Å². The summed E-state index contributed by atoms with van der Waals surface area (Å²) in [4.78, 5) is 18.7. The molecule has 12 heteroatoms. The number of non-ortho nitro benzene ring substituents is 1. The van der Waals surface area contributed by atoms with Gasteiger partial charge in [-0.25, -0.2) is 4.98 Å². The number of nitro groups is 1. The molecular formula is C25H23N5O6S. The Morgan fingerprint density at radius 1 is 1.11 bits per heavy atom. The lowest BCUT2D eigenvalue weighted by molar-refractivity contribution is -0.384. The van der Waals surface area contributed by atoms with Gasteiger partial charge in [0, 0.05) is 36.7 Å². The van der Waals surface area contributed by atoms with E-state index in [2.05, 4.69) is 9.97 Å². The lowest BCUT2D eigenvalue weighted by Crippen LogP contribution is -2.11. The molecule has 0 saturated heterocycles. The van der Waals surface area contributed by atoms with Gasteiger partial charge >= 0.3 is 0 Å². The van der Waals surface area contributed by atoms with Crippen LogP contribution in [-0.2, 0) is 16.7 Å². The Labute approximate surface area is 213 Å². The van der Waals surface area contributed by atoms with Crippen LogP contribution < -0.4 is 20.9 Å². The fourth-order valence-corrected chi connectivity index (χ4v) is 4.25. The third-order valence-corrected chi connectivity index (χ3v) is 6.44. The minimum Gasteiger partial charge on any atom is -0.493 e. The van der Waals surface area contributed by atoms with E-state index in [0.29, 0.717) is 34.9 Å². The number of nitrogens with two attached hydrogens (primary N) is 2. The van der Waals surface area contributed by atoms with Gasteiger partial charge in [0.05, 0.1) is 16.9 Å². The minimum atomic E-state index is -2.39. The zero-order valence-corrected chi connectivity index (χ0v) is 20.6. The number of anilines is 2. The minimum absolute atomic E-state index is 0.0596. The molecule has 4 rings (SSSR count). The van der Waals surface area contributed by atoms with Gasteiger partial charge in [0.15, 0.2) is 11.5 Å². The van der Waals surface area contributed by atoms with Gasteiger partial charge in [-0.15, -0.1) is 0 Å². The Kier molecular flexibility index (Phi) is 7.49. The number of aromatic nitrogens is 2. The van der Waals surface area contributed by atoms with E-state index in [4.69, 9.17) is 20.9 Å². The van der Waals surface area contributed by atoms with Gasteiger partial charge in [0.1, 0.15) is 12.4 Å². The molecule has 37 heavy (non-hydrogen) atoms. The molecular weight excluding hydrogens is 498 g/mol. The number of methoxy groups -OCH3 is 1. The second-order valence-electron chi connectivity index (χ2n) is 8.09. The Morgan fingerprint density at radius 3 is 2.51 bits per heavy atom. The van der Waals surface area contributed by atoms with Gasteiger partial charge in [-0.3, -0.25) is 10.1 Å². The largest absolute Gasteiger partial charge is 0.493 e. The SMILES string of the molecule is COc1cc(Cc2cnc(N)nc2N)ccc1OCC1=CCC(=S(=O)=O)C=C1c1ccc([N+](=O)[O-])cc1. The molecule has 0 amide bonds. The molecule has 0 saturated carbocycles. The summed E-state index contributed by atoms with van der Waals surface area (Å²) < 4.78 is 34.7. The summed E-state index contributed by atoms with van der Waals surface area (Å²) in [6, 6.07) is 11.4. The third-order valence-electron chi connectivity index (χ3n) is 5.73. The predicted octanol–water partition coefficient (Wildman–Crippen LogP) is 2.99. The van der Waals surface area contributed by atoms with Crippen LogP contribution in [0.25, 0.3) is 5.57 Å². The molecule has 0 aliphatic heterocycles. The number of nitro benzene ring substituents is 1. The van der Waals surface area contributed by atoms with E-state index in [0.717, 1.165) is 16.7 Å². The van der Waals surface area contributed by atoms with Crippen LogP contribution in [0, 0.1) is 10.1 Å². The fourth-order valence-electron chi connectivity index (χ4n) is 3.82. The van der Waals surface area contributed by atoms with Crippen molar-refractivity contribution >= 4 is 38.2 Å². The summed E-state index contributed by atoms with van der Waals surface area (Å²) >= 11 is 0. The zero-order valence-electron chi connectivity index (χ0n) is 19.7. The van der Waals surface area contributed by atoms with Crippen LogP contribution in [0.2, 0.25) is 0 Å². The average molecular weight is 522 g/mol. The quantitative estimate of drug-likeness (QED) is 0.255. The maximum Gasteiger partial charge on any atom is 0.269 e.